The number of hydrogen-bond donors (Lipinski definition) is 0. The minimum absolute atomic E-state index is 0.174. The van der Waals surface area contributed by atoms with E-state index in [1.807, 2.05) is 26.0 Å². The van der Waals surface area contributed by atoms with Crippen LogP contribution in [0.5, 0.6) is 11.5 Å². The first-order valence-electron chi connectivity index (χ1n) is 11.1. The number of hydrogen-bond acceptors (Lipinski definition) is 6. The van der Waals surface area contributed by atoms with Crippen LogP contribution in [0.1, 0.15) is 43.4 Å². The molecular formula is C26H30N2O5S. The van der Waals surface area contributed by atoms with Gasteiger partial charge < -0.3 is 19.1 Å². The maximum Gasteiger partial charge on any atom is 0.325 e. The molecule has 2 aromatic rings. The standard InChI is InChI=1S/C26H30N2O5S/c1-7-33-23-12-17(4)18(13-21(23)16(2)3)14-22-25(30)28(19-8-10-20(31-5)11-9-19)26(34)27(22)15-24(29)32-6/h8-14,16H,7,15H2,1-6H3/b22-14-. The van der Waals surface area contributed by atoms with Crippen molar-refractivity contribution in [1.29, 1.82) is 0 Å². The van der Waals surface area contributed by atoms with E-state index in [1.54, 1.807) is 37.5 Å². The lowest BCUT2D eigenvalue weighted by atomic mass is 9.96. The molecule has 180 valence electrons. The highest BCUT2D eigenvalue weighted by Crippen LogP contribution is 2.34. The zero-order valence-electron chi connectivity index (χ0n) is 20.4. The minimum atomic E-state index is -0.496. The van der Waals surface area contributed by atoms with Crippen molar-refractivity contribution in [2.75, 3.05) is 32.3 Å². The van der Waals surface area contributed by atoms with Gasteiger partial charge in [0, 0.05) is 0 Å². The molecule has 1 heterocycles. The smallest absolute Gasteiger partial charge is 0.325 e. The van der Waals surface area contributed by atoms with Crippen molar-refractivity contribution in [3.05, 3.63) is 58.8 Å². The summed E-state index contributed by atoms with van der Waals surface area (Å²) in [6.07, 6.45) is 1.78. The van der Waals surface area contributed by atoms with Gasteiger partial charge in [-0.3, -0.25) is 14.5 Å². The van der Waals surface area contributed by atoms with Gasteiger partial charge in [-0.1, -0.05) is 13.8 Å². The second-order valence-electron chi connectivity index (χ2n) is 8.15. The zero-order valence-corrected chi connectivity index (χ0v) is 21.2. The molecule has 3 rings (SSSR count). The van der Waals surface area contributed by atoms with E-state index in [4.69, 9.17) is 26.4 Å². The van der Waals surface area contributed by atoms with Crippen LogP contribution < -0.4 is 14.4 Å². The Kier molecular flexibility index (Phi) is 7.94. The third-order valence-corrected chi connectivity index (χ3v) is 6.00. The van der Waals surface area contributed by atoms with E-state index in [0.717, 1.165) is 22.4 Å². The molecule has 0 unspecified atom stereocenters. The third kappa shape index (κ3) is 5.07. The zero-order chi connectivity index (χ0) is 25.0. The number of nitrogens with zero attached hydrogens (tertiary/aromatic N) is 2. The van der Waals surface area contributed by atoms with Gasteiger partial charge in [-0.15, -0.1) is 0 Å². The van der Waals surface area contributed by atoms with Gasteiger partial charge >= 0.3 is 5.97 Å². The largest absolute Gasteiger partial charge is 0.497 e. The van der Waals surface area contributed by atoms with Gasteiger partial charge in [0.1, 0.15) is 23.7 Å². The Hall–Kier alpha value is -3.39. The molecule has 0 aliphatic carbocycles. The van der Waals surface area contributed by atoms with Crippen molar-refractivity contribution in [3.63, 3.8) is 0 Å². The third-order valence-electron chi connectivity index (χ3n) is 5.59. The van der Waals surface area contributed by atoms with Crippen molar-refractivity contribution in [3.8, 4) is 11.5 Å². The van der Waals surface area contributed by atoms with Gasteiger partial charge in [0.15, 0.2) is 5.11 Å². The molecule has 1 fully saturated rings. The molecule has 0 bridgehead atoms. The van der Waals surface area contributed by atoms with E-state index in [1.165, 1.54) is 16.9 Å². The number of benzene rings is 2. The van der Waals surface area contributed by atoms with Crippen molar-refractivity contribution in [1.82, 2.24) is 4.90 Å². The first-order valence-corrected chi connectivity index (χ1v) is 11.5. The highest BCUT2D eigenvalue weighted by Gasteiger charge is 2.40. The predicted octanol–water partition coefficient (Wildman–Crippen LogP) is 4.67. The molecule has 0 saturated carbocycles. The molecule has 0 spiro atoms. The lowest BCUT2D eigenvalue weighted by Crippen LogP contribution is -2.35. The lowest BCUT2D eigenvalue weighted by molar-refractivity contribution is -0.140. The summed E-state index contributed by atoms with van der Waals surface area (Å²) in [6, 6.07) is 11.0. The first kappa shape index (κ1) is 25.2. The number of ether oxygens (including phenoxy) is 3. The van der Waals surface area contributed by atoms with E-state index in [2.05, 4.69) is 13.8 Å². The fourth-order valence-electron chi connectivity index (χ4n) is 3.74. The summed E-state index contributed by atoms with van der Waals surface area (Å²) in [6.45, 7) is 8.49. The summed E-state index contributed by atoms with van der Waals surface area (Å²) in [5.41, 5.74) is 3.72. The Morgan fingerprint density at radius 3 is 2.38 bits per heavy atom. The number of amides is 1. The highest BCUT2D eigenvalue weighted by molar-refractivity contribution is 7.80. The van der Waals surface area contributed by atoms with Gasteiger partial charge in [-0.05, 0) is 91.1 Å². The average molecular weight is 483 g/mol. The van der Waals surface area contributed by atoms with E-state index in [-0.39, 0.29) is 23.5 Å². The molecule has 1 aliphatic rings. The van der Waals surface area contributed by atoms with Crippen LogP contribution in [0.4, 0.5) is 5.69 Å². The average Bonchev–Trinajstić information content (AvgIpc) is 3.04. The topological polar surface area (TPSA) is 68.3 Å². The van der Waals surface area contributed by atoms with E-state index >= 15 is 0 Å². The summed E-state index contributed by atoms with van der Waals surface area (Å²) in [7, 11) is 2.88. The van der Waals surface area contributed by atoms with Crippen molar-refractivity contribution < 1.29 is 23.8 Å². The number of esters is 1. The molecule has 8 heteroatoms. The number of carbonyl (C=O) groups excluding carboxylic acids is 2. The maximum absolute atomic E-state index is 13.6. The molecule has 0 radical (unpaired) electrons. The van der Waals surface area contributed by atoms with Crippen LogP contribution in [0, 0.1) is 6.92 Å². The number of anilines is 1. The molecule has 0 aromatic heterocycles. The Labute approximate surface area is 205 Å². The fraction of sp³-hybridized carbons (Fsp3) is 0.346. The minimum Gasteiger partial charge on any atom is -0.497 e. The lowest BCUT2D eigenvalue weighted by Gasteiger charge is -2.19. The van der Waals surface area contributed by atoms with Crippen LogP contribution in [0.25, 0.3) is 6.08 Å². The molecule has 34 heavy (non-hydrogen) atoms. The normalized spacial score (nSPS) is 14.9. The van der Waals surface area contributed by atoms with E-state index in [0.29, 0.717) is 23.7 Å². The van der Waals surface area contributed by atoms with Crippen LogP contribution in [-0.2, 0) is 14.3 Å². The second kappa shape index (κ2) is 10.7. The Morgan fingerprint density at radius 2 is 1.82 bits per heavy atom. The summed E-state index contributed by atoms with van der Waals surface area (Å²) in [5, 5.41) is 0.208. The van der Waals surface area contributed by atoms with E-state index in [9.17, 15) is 9.59 Å². The maximum atomic E-state index is 13.6. The monoisotopic (exact) mass is 482 g/mol. The van der Waals surface area contributed by atoms with Crippen molar-refractivity contribution in [2.45, 2.75) is 33.6 Å². The number of rotatable bonds is 8. The van der Waals surface area contributed by atoms with Gasteiger partial charge in [-0.25, -0.2) is 0 Å². The molecule has 1 aliphatic heterocycles. The van der Waals surface area contributed by atoms with Crippen LogP contribution in [0.3, 0.4) is 0 Å². The SMILES string of the molecule is CCOc1cc(C)c(/C=C2/C(=O)N(c3ccc(OC)cc3)C(=S)N2CC(=O)OC)cc1C(C)C. The Bertz CT molecular complexity index is 1120. The number of carbonyl (C=O) groups is 2. The molecular weight excluding hydrogens is 452 g/mol. The van der Waals surface area contributed by atoms with Crippen molar-refractivity contribution >= 4 is 41.0 Å². The summed E-state index contributed by atoms with van der Waals surface area (Å²) >= 11 is 5.63. The molecule has 2 aromatic carbocycles. The molecule has 1 saturated heterocycles. The van der Waals surface area contributed by atoms with Crippen LogP contribution in [-0.4, -0.2) is 49.3 Å². The fourth-order valence-corrected chi connectivity index (χ4v) is 4.09. The summed E-state index contributed by atoms with van der Waals surface area (Å²) < 4.78 is 15.9. The summed E-state index contributed by atoms with van der Waals surface area (Å²) in [5.74, 6) is 0.899. The molecule has 0 atom stereocenters. The van der Waals surface area contributed by atoms with Gasteiger partial charge in [0.25, 0.3) is 5.91 Å². The van der Waals surface area contributed by atoms with Crippen LogP contribution in [0.2, 0.25) is 0 Å². The molecule has 1 amide bonds. The quantitative estimate of drug-likeness (QED) is 0.308. The van der Waals surface area contributed by atoms with Gasteiger partial charge in [0.05, 0.1) is 26.5 Å². The first-order chi connectivity index (χ1) is 16.2. The summed E-state index contributed by atoms with van der Waals surface area (Å²) in [4.78, 5) is 28.7. The van der Waals surface area contributed by atoms with Gasteiger partial charge in [0.2, 0.25) is 0 Å². The number of methoxy groups -OCH3 is 2. The van der Waals surface area contributed by atoms with Gasteiger partial charge in [-0.2, -0.15) is 0 Å². The van der Waals surface area contributed by atoms with Crippen LogP contribution in [0.15, 0.2) is 42.1 Å². The molecule has 7 nitrogen and oxygen atoms in total. The van der Waals surface area contributed by atoms with Crippen molar-refractivity contribution in [2.24, 2.45) is 0 Å². The number of thiocarbonyl (C=S) groups is 1. The second-order valence-corrected chi connectivity index (χ2v) is 8.51. The number of aryl methyl sites for hydroxylation is 1. The highest BCUT2D eigenvalue weighted by atomic mass is 32.1. The predicted molar refractivity (Wildman–Crippen MR) is 136 cm³/mol. The Balaban J connectivity index is 2.11. The van der Waals surface area contributed by atoms with Crippen LogP contribution >= 0.6 is 12.2 Å². The molecule has 0 N–H and O–H groups in total. The Morgan fingerprint density at radius 1 is 1.15 bits per heavy atom. The van der Waals surface area contributed by atoms with E-state index < -0.39 is 5.97 Å².